The predicted octanol–water partition coefficient (Wildman–Crippen LogP) is 2.33. The Morgan fingerprint density at radius 1 is 1.21 bits per heavy atom. The van der Waals surface area contributed by atoms with Crippen molar-refractivity contribution in [3.8, 4) is 0 Å². The summed E-state index contributed by atoms with van der Waals surface area (Å²) in [6, 6.07) is 5.76. The van der Waals surface area contributed by atoms with Gasteiger partial charge in [0.2, 0.25) is 0 Å². The summed E-state index contributed by atoms with van der Waals surface area (Å²) in [6.45, 7) is 1.35. The van der Waals surface area contributed by atoms with Crippen LogP contribution in [0.1, 0.15) is 24.8 Å². The quantitative estimate of drug-likeness (QED) is 0.425. The second-order valence-corrected chi connectivity index (χ2v) is 5.04. The third-order valence-electron chi connectivity index (χ3n) is 2.44. The number of nitrogens with one attached hydrogen (secondary N) is 1. The number of hydrogen-bond donors (Lipinski definition) is 3. The summed E-state index contributed by atoms with van der Waals surface area (Å²) >= 11 is 1.09. The number of nitrogens with two attached hydrogens (primary N) is 2. The minimum atomic E-state index is -0.317. The Hall–Kier alpha value is -1.40. The maximum absolute atomic E-state index is 12.7. The molecule has 1 aromatic carbocycles. The molecule has 0 fully saturated rings. The molecule has 0 aromatic heterocycles. The highest BCUT2D eigenvalue weighted by molar-refractivity contribution is 8.26. The summed E-state index contributed by atoms with van der Waals surface area (Å²) < 4.78 is 12.7. The molecule has 0 unspecified atom stereocenters. The molecule has 0 spiro atoms. The molecule has 0 radical (unpaired) electrons. The fourth-order valence-corrected chi connectivity index (χ4v) is 2.04. The van der Waals surface area contributed by atoms with E-state index in [1.165, 1.54) is 12.1 Å². The zero-order chi connectivity index (χ0) is 14.1. The molecule has 0 heterocycles. The Balaban J connectivity index is 2.38. The van der Waals surface area contributed by atoms with Crippen LogP contribution in [0, 0.1) is 11.2 Å². The number of halogens is 1. The average molecular weight is 282 g/mol. The van der Waals surface area contributed by atoms with Gasteiger partial charge in [-0.1, -0.05) is 6.42 Å². The number of thioether (sulfide) groups is 1. The van der Waals surface area contributed by atoms with Crippen LogP contribution in [-0.2, 0) is 0 Å². The van der Waals surface area contributed by atoms with E-state index in [9.17, 15) is 4.39 Å². The molecule has 0 saturated carbocycles. The third kappa shape index (κ3) is 6.35. The van der Waals surface area contributed by atoms with E-state index in [1.807, 2.05) is 0 Å². The standard InChI is InChI=1S/C13H19FN4S/c14-11-6-4-10(5-7-11)12(16)19-13(17)18-9-3-1-2-8-15/h4-7,16H,1-3,8-9,15H2,(H2,17,18). The van der Waals surface area contributed by atoms with E-state index in [0.29, 0.717) is 23.8 Å². The minimum absolute atomic E-state index is 0.267. The van der Waals surface area contributed by atoms with Crippen molar-refractivity contribution in [3.05, 3.63) is 35.6 Å². The molecule has 1 aromatic rings. The Morgan fingerprint density at radius 3 is 2.53 bits per heavy atom. The van der Waals surface area contributed by atoms with E-state index in [0.717, 1.165) is 31.0 Å². The summed E-state index contributed by atoms with van der Waals surface area (Å²) in [6.07, 6.45) is 2.98. The van der Waals surface area contributed by atoms with Crippen molar-refractivity contribution in [2.45, 2.75) is 19.3 Å². The highest BCUT2D eigenvalue weighted by Crippen LogP contribution is 2.13. The van der Waals surface area contributed by atoms with Crippen molar-refractivity contribution in [2.75, 3.05) is 13.1 Å². The lowest BCUT2D eigenvalue weighted by Gasteiger charge is -2.03. The molecule has 0 bridgehead atoms. The van der Waals surface area contributed by atoms with Gasteiger partial charge in [0.15, 0.2) is 5.17 Å². The lowest BCUT2D eigenvalue weighted by molar-refractivity contribution is 0.628. The van der Waals surface area contributed by atoms with E-state index in [-0.39, 0.29) is 10.9 Å². The Labute approximate surface area is 117 Å². The molecule has 19 heavy (non-hydrogen) atoms. The molecule has 0 saturated heterocycles. The maximum atomic E-state index is 12.7. The van der Waals surface area contributed by atoms with Gasteiger partial charge in [-0.25, -0.2) is 4.39 Å². The van der Waals surface area contributed by atoms with Crippen LogP contribution in [0.25, 0.3) is 0 Å². The molecule has 6 heteroatoms. The second-order valence-electron chi connectivity index (χ2n) is 4.01. The van der Waals surface area contributed by atoms with E-state index < -0.39 is 0 Å². The van der Waals surface area contributed by atoms with E-state index >= 15 is 0 Å². The summed E-state index contributed by atoms with van der Waals surface area (Å²) in [4.78, 5) is 4.18. The van der Waals surface area contributed by atoms with Crippen molar-refractivity contribution >= 4 is 22.0 Å². The highest BCUT2D eigenvalue weighted by Gasteiger charge is 2.05. The van der Waals surface area contributed by atoms with E-state index in [4.69, 9.17) is 16.9 Å². The van der Waals surface area contributed by atoms with Gasteiger partial charge < -0.3 is 11.5 Å². The van der Waals surface area contributed by atoms with Crippen molar-refractivity contribution in [1.82, 2.24) is 0 Å². The minimum Gasteiger partial charge on any atom is -0.378 e. The van der Waals surface area contributed by atoms with E-state index in [2.05, 4.69) is 4.99 Å². The predicted molar refractivity (Wildman–Crippen MR) is 80.2 cm³/mol. The molecular formula is C13H19FN4S. The summed E-state index contributed by atoms with van der Waals surface area (Å²) in [5.74, 6) is -0.317. The number of nitrogens with zero attached hydrogens (tertiary/aromatic N) is 1. The first-order valence-electron chi connectivity index (χ1n) is 6.16. The number of hydrogen-bond acceptors (Lipinski definition) is 4. The Kier molecular flexibility index (Phi) is 7.14. The lowest BCUT2D eigenvalue weighted by Crippen LogP contribution is -2.11. The summed E-state index contributed by atoms with van der Waals surface area (Å²) in [5.41, 5.74) is 11.8. The van der Waals surface area contributed by atoms with Crippen LogP contribution in [0.15, 0.2) is 29.3 Å². The van der Waals surface area contributed by atoms with Crippen LogP contribution < -0.4 is 11.5 Å². The van der Waals surface area contributed by atoms with Gasteiger partial charge in [-0.05, 0) is 55.4 Å². The smallest absolute Gasteiger partial charge is 0.160 e. The number of benzene rings is 1. The third-order valence-corrected chi connectivity index (χ3v) is 3.22. The highest BCUT2D eigenvalue weighted by atomic mass is 32.2. The largest absolute Gasteiger partial charge is 0.378 e. The van der Waals surface area contributed by atoms with E-state index in [1.54, 1.807) is 12.1 Å². The molecule has 0 aliphatic rings. The van der Waals surface area contributed by atoms with Crippen LogP contribution in [0.4, 0.5) is 4.39 Å². The SMILES string of the molecule is N=C(SC(N)=NCCCCCN)c1ccc(F)cc1. The normalized spacial score (nSPS) is 11.6. The van der Waals surface area contributed by atoms with Crippen LogP contribution in [-0.4, -0.2) is 23.3 Å². The van der Waals surface area contributed by atoms with Crippen molar-refractivity contribution < 1.29 is 4.39 Å². The molecule has 0 aliphatic heterocycles. The zero-order valence-electron chi connectivity index (χ0n) is 10.7. The molecule has 5 N–H and O–H groups in total. The Bertz CT molecular complexity index is 431. The molecular weight excluding hydrogens is 263 g/mol. The molecule has 0 aliphatic carbocycles. The van der Waals surface area contributed by atoms with Gasteiger partial charge in [0.25, 0.3) is 0 Å². The molecule has 0 amide bonds. The zero-order valence-corrected chi connectivity index (χ0v) is 11.5. The number of amidine groups is 1. The maximum Gasteiger partial charge on any atom is 0.160 e. The van der Waals surface area contributed by atoms with Crippen molar-refractivity contribution in [1.29, 1.82) is 5.41 Å². The van der Waals surface area contributed by atoms with Gasteiger partial charge in [-0.15, -0.1) is 0 Å². The van der Waals surface area contributed by atoms with Crippen molar-refractivity contribution in [2.24, 2.45) is 16.5 Å². The van der Waals surface area contributed by atoms with Gasteiger partial charge >= 0.3 is 0 Å². The van der Waals surface area contributed by atoms with Crippen LogP contribution >= 0.6 is 11.8 Å². The fraction of sp³-hybridized carbons (Fsp3) is 0.385. The number of unbranched alkanes of at least 4 members (excludes halogenated alkanes) is 2. The van der Waals surface area contributed by atoms with Crippen LogP contribution in [0.3, 0.4) is 0 Å². The van der Waals surface area contributed by atoms with Crippen LogP contribution in [0.5, 0.6) is 0 Å². The number of aliphatic imine (C=N–C) groups is 1. The lowest BCUT2D eigenvalue weighted by atomic mass is 10.2. The Morgan fingerprint density at radius 2 is 1.89 bits per heavy atom. The van der Waals surface area contributed by atoms with Gasteiger partial charge in [0, 0.05) is 12.1 Å². The first kappa shape index (κ1) is 15.7. The first-order valence-corrected chi connectivity index (χ1v) is 6.97. The first-order chi connectivity index (χ1) is 9.13. The molecule has 1 rings (SSSR count). The van der Waals surface area contributed by atoms with Crippen molar-refractivity contribution in [3.63, 3.8) is 0 Å². The fourth-order valence-electron chi connectivity index (χ4n) is 1.42. The average Bonchev–Trinajstić information content (AvgIpc) is 2.39. The monoisotopic (exact) mass is 282 g/mol. The summed E-state index contributed by atoms with van der Waals surface area (Å²) in [7, 11) is 0. The second kappa shape index (κ2) is 8.66. The molecule has 0 atom stereocenters. The molecule has 104 valence electrons. The van der Waals surface area contributed by atoms with Crippen LogP contribution in [0.2, 0.25) is 0 Å². The topological polar surface area (TPSA) is 88.2 Å². The van der Waals surface area contributed by atoms with Gasteiger partial charge in [0.1, 0.15) is 10.9 Å². The molecule has 4 nitrogen and oxygen atoms in total. The summed E-state index contributed by atoms with van der Waals surface area (Å²) in [5, 5.41) is 8.47. The number of rotatable bonds is 6. The van der Waals surface area contributed by atoms with Gasteiger partial charge in [0.05, 0.1) is 0 Å². The van der Waals surface area contributed by atoms with Gasteiger partial charge in [-0.2, -0.15) is 0 Å². The van der Waals surface area contributed by atoms with Gasteiger partial charge in [-0.3, -0.25) is 10.4 Å².